The molecule has 3 nitrogen and oxygen atoms in total. The van der Waals surface area contributed by atoms with Gasteiger partial charge in [0.2, 0.25) is 0 Å². The Kier molecular flexibility index (Phi) is 5.41. The lowest BCUT2D eigenvalue weighted by Crippen LogP contribution is -2.40. The van der Waals surface area contributed by atoms with E-state index >= 15 is 0 Å². The number of hydrogen-bond acceptors (Lipinski definition) is 3. The van der Waals surface area contributed by atoms with Crippen molar-refractivity contribution in [1.82, 2.24) is 10.3 Å². The third kappa shape index (κ3) is 3.51. The van der Waals surface area contributed by atoms with Gasteiger partial charge in [-0.25, -0.2) is 4.98 Å². The van der Waals surface area contributed by atoms with Crippen LogP contribution in [0.4, 0.5) is 5.82 Å². The van der Waals surface area contributed by atoms with Crippen LogP contribution in [0.5, 0.6) is 0 Å². The predicted molar refractivity (Wildman–Crippen MR) is 86.1 cm³/mol. The molecule has 1 N–H and O–H groups in total. The minimum Gasteiger partial charge on any atom is -0.357 e. The highest BCUT2D eigenvalue weighted by Crippen LogP contribution is 2.38. The summed E-state index contributed by atoms with van der Waals surface area (Å²) in [4.78, 5) is 7.09. The van der Waals surface area contributed by atoms with Crippen molar-refractivity contribution in [3.8, 4) is 0 Å². The zero-order valence-electron chi connectivity index (χ0n) is 13.3. The third-order valence-electron chi connectivity index (χ3n) is 5.04. The summed E-state index contributed by atoms with van der Waals surface area (Å²) in [6.07, 6.45) is 7.25. The lowest BCUT2D eigenvalue weighted by molar-refractivity contribution is 0.199. The molecule has 112 valence electrons. The normalized spacial score (nSPS) is 18.2. The quantitative estimate of drug-likeness (QED) is 0.860. The number of aromatic nitrogens is 1. The molecule has 20 heavy (non-hydrogen) atoms. The highest BCUT2D eigenvalue weighted by Gasteiger charge is 2.31. The highest BCUT2D eigenvalue weighted by atomic mass is 15.2. The molecule has 0 saturated carbocycles. The molecule has 0 bridgehead atoms. The predicted octanol–water partition coefficient (Wildman–Crippen LogP) is 3.60. The van der Waals surface area contributed by atoms with Crippen molar-refractivity contribution in [2.24, 2.45) is 5.41 Å². The summed E-state index contributed by atoms with van der Waals surface area (Å²) in [5, 5.41) is 3.34. The number of piperidine rings is 1. The molecule has 0 aliphatic carbocycles. The van der Waals surface area contributed by atoms with Gasteiger partial charge in [-0.15, -0.1) is 0 Å². The second-order valence-electron chi connectivity index (χ2n) is 6.00. The van der Waals surface area contributed by atoms with Crippen LogP contribution in [-0.4, -0.2) is 24.6 Å². The van der Waals surface area contributed by atoms with Crippen LogP contribution in [-0.2, 0) is 6.54 Å². The van der Waals surface area contributed by atoms with Crippen molar-refractivity contribution in [3.05, 3.63) is 23.9 Å². The zero-order valence-corrected chi connectivity index (χ0v) is 13.3. The number of hydrogen-bond donors (Lipinski definition) is 1. The van der Waals surface area contributed by atoms with Gasteiger partial charge >= 0.3 is 0 Å². The molecule has 2 rings (SSSR count). The number of nitrogens with zero attached hydrogens (tertiary/aromatic N) is 2. The Bertz CT molecular complexity index is 385. The second-order valence-corrected chi connectivity index (χ2v) is 6.00. The Labute approximate surface area is 123 Å². The van der Waals surface area contributed by atoms with Gasteiger partial charge in [-0.3, -0.25) is 0 Å². The van der Waals surface area contributed by atoms with Crippen LogP contribution in [0.2, 0.25) is 0 Å². The smallest absolute Gasteiger partial charge is 0.128 e. The van der Waals surface area contributed by atoms with Crippen molar-refractivity contribution in [3.63, 3.8) is 0 Å². The second kappa shape index (κ2) is 7.07. The van der Waals surface area contributed by atoms with Crippen molar-refractivity contribution >= 4 is 5.82 Å². The molecule has 0 radical (unpaired) electrons. The van der Waals surface area contributed by atoms with Crippen LogP contribution in [0.25, 0.3) is 0 Å². The van der Waals surface area contributed by atoms with Gasteiger partial charge in [0.25, 0.3) is 0 Å². The maximum absolute atomic E-state index is 4.64. The van der Waals surface area contributed by atoms with Crippen LogP contribution in [0.15, 0.2) is 18.3 Å². The van der Waals surface area contributed by atoms with E-state index < -0.39 is 0 Å². The molecule has 0 unspecified atom stereocenters. The Balaban J connectivity index is 1.93. The average molecular weight is 275 g/mol. The van der Waals surface area contributed by atoms with Gasteiger partial charge < -0.3 is 10.2 Å². The topological polar surface area (TPSA) is 28.2 Å². The van der Waals surface area contributed by atoms with E-state index in [1.165, 1.54) is 31.2 Å². The van der Waals surface area contributed by atoms with E-state index in [2.05, 4.69) is 48.1 Å². The van der Waals surface area contributed by atoms with Crippen LogP contribution < -0.4 is 10.2 Å². The molecule has 1 aliphatic rings. The van der Waals surface area contributed by atoms with Gasteiger partial charge in [0.15, 0.2) is 0 Å². The van der Waals surface area contributed by atoms with Crippen LogP contribution in [0.1, 0.15) is 52.0 Å². The fourth-order valence-electron chi connectivity index (χ4n) is 3.14. The first-order chi connectivity index (χ1) is 9.73. The average Bonchev–Trinajstić information content (AvgIpc) is 2.53. The van der Waals surface area contributed by atoms with Crippen molar-refractivity contribution in [1.29, 1.82) is 0 Å². The van der Waals surface area contributed by atoms with Crippen molar-refractivity contribution in [2.45, 2.75) is 53.0 Å². The molecule has 2 heterocycles. The molecule has 1 fully saturated rings. The largest absolute Gasteiger partial charge is 0.357 e. The minimum atomic E-state index is 0.585. The van der Waals surface area contributed by atoms with Crippen molar-refractivity contribution in [2.75, 3.05) is 24.5 Å². The maximum Gasteiger partial charge on any atom is 0.128 e. The monoisotopic (exact) mass is 275 g/mol. The number of nitrogens with one attached hydrogen (secondary N) is 1. The standard InChI is InChI=1S/C17H29N3/c1-4-17(5-2)9-11-20(12-10-17)16-8-7-15(14-19-16)13-18-6-3/h7-8,14,18H,4-6,9-13H2,1-3H3. The molecule has 1 aromatic heterocycles. The Morgan fingerprint density at radius 3 is 2.35 bits per heavy atom. The lowest BCUT2D eigenvalue weighted by atomic mass is 9.74. The van der Waals surface area contributed by atoms with Gasteiger partial charge in [-0.1, -0.05) is 39.7 Å². The Hall–Kier alpha value is -1.09. The lowest BCUT2D eigenvalue weighted by Gasteiger charge is -2.41. The summed E-state index contributed by atoms with van der Waals surface area (Å²) >= 11 is 0. The maximum atomic E-state index is 4.64. The highest BCUT2D eigenvalue weighted by molar-refractivity contribution is 5.40. The number of pyridine rings is 1. The molecular weight excluding hydrogens is 246 g/mol. The van der Waals surface area contributed by atoms with Gasteiger partial charge in [-0.05, 0) is 36.4 Å². The van der Waals surface area contributed by atoms with E-state index in [1.807, 2.05) is 6.20 Å². The first-order valence-electron chi connectivity index (χ1n) is 8.13. The molecule has 1 saturated heterocycles. The fraction of sp³-hybridized carbons (Fsp3) is 0.706. The SMILES string of the molecule is CCNCc1ccc(N2CCC(CC)(CC)CC2)nc1. The zero-order chi connectivity index (χ0) is 14.4. The van der Waals surface area contributed by atoms with Gasteiger partial charge in [0.1, 0.15) is 5.82 Å². The van der Waals surface area contributed by atoms with Gasteiger partial charge in [0, 0.05) is 25.8 Å². The minimum absolute atomic E-state index is 0.585. The summed E-state index contributed by atoms with van der Waals surface area (Å²) in [5.41, 5.74) is 1.85. The summed E-state index contributed by atoms with van der Waals surface area (Å²) in [6.45, 7) is 11.0. The van der Waals surface area contributed by atoms with E-state index in [0.29, 0.717) is 5.41 Å². The van der Waals surface area contributed by atoms with E-state index in [0.717, 1.165) is 32.0 Å². The van der Waals surface area contributed by atoms with Crippen LogP contribution in [0, 0.1) is 5.41 Å². The molecule has 0 amide bonds. The third-order valence-corrected chi connectivity index (χ3v) is 5.04. The van der Waals surface area contributed by atoms with Crippen LogP contribution in [0.3, 0.4) is 0 Å². The van der Waals surface area contributed by atoms with E-state index in [1.54, 1.807) is 0 Å². The van der Waals surface area contributed by atoms with Gasteiger partial charge in [-0.2, -0.15) is 0 Å². The van der Waals surface area contributed by atoms with E-state index in [9.17, 15) is 0 Å². The summed E-state index contributed by atoms with van der Waals surface area (Å²) in [5.74, 6) is 1.14. The fourth-order valence-corrected chi connectivity index (χ4v) is 3.14. The summed E-state index contributed by atoms with van der Waals surface area (Å²) < 4.78 is 0. The molecule has 0 atom stereocenters. The van der Waals surface area contributed by atoms with E-state index in [4.69, 9.17) is 0 Å². The molecule has 1 aromatic rings. The molecular formula is C17H29N3. The van der Waals surface area contributed by atoms with Crippen molar-refractivity contribution < 1.29 is 0 Å². The summed E-state index contributed by atoms with van der Waals surface area (Å²) in [6, 6.07) is 4.38. The molecule has 0 aromatic carbocycles. The molecule has 3 heteroatoms. The van der Waals surface area contributed by atoms with Gasteiger partial charge in [0.05, 0.1) is 0 Å². The van der Waals surface area contributed by atoms with Crippen LogP contribution >= 0.6 is 0 Å². The Morgan fingerprint density at radius 1 is 1.15 bits per heavy atom. The number of anilines is 1. The molecule has 0 spiro atoms. The molecule has 1 aliphatic heterocycles. The Morgan fingerprint density at radius 2 is 1.85 bits per heavy atom. The summed E-state index contributed by atoms with van der Waals surface area (Å²) in [7, 11) is 0. The van der Waals surface area contributed by atoms with E-state index in [-0.39, 0.29) is 0 Å². The first kappa shape index (κ1) is 15.3. The number of rotatable bonds is 6. The first-order valence-corrected chi connectivity index (χ1v) is 8.13.